The molecule has 0 N–H and O–H groups in total. The van der Waals surface area contributed by atoms with Gasteiger partial charge in [-0.15, -0.1) is 0 Å². The van der Waals surface area contributed by atoms with E-state index in [9.17, 15) is 5.26 Å². The third kappa shape index (κ3) is 3.01. The number of benzene rings is 4. The monoisotopic (exact) mass is 401 g/mol. The van der Waals surface area contributed by atoms with Crippen molar-refractivity contribution in [3.05, 3.63) is 108 Å². The number of nitrogens with zero attached hydrogens (tertiary/aromatic N) is 3. The molecular formula is C26H15N3S. The van der Waals surface area contributed by atoms with Crippen LogP contribution in [0.3, 0.4) is 0 Å². The van der Waals surface area contributed by atoms with Crippen molar-refractivity contribution >= 4 is 34.5 Å². The van der Waals surface area contributed by atoms with Crippen LogP contribution in [0.1, 0.15) is 5.56 Å². The van der Waals surface area contributed by atoms with Gasteiger partial charge in [0.15, 0.2) is 5.69 Å². The van der Waals surface area contributed by atoms with E-state index in [1.54, 1.807) is 30.0 Å². The van der Waals surface area contributed by atoms with Crippen LogP contribution in [-0.4, -0.2) is 0 Å². The van der Waals surface area contributed by atoms with Crippen LogP contribution in [0.4, 0.5) is 22.7 Å². The summed E-state index contributed by atoms with van der Waals surface area (Å²) in [6.45, 7) is 7.27. The maximum absolute atomic E-state index is 9.48. The molecule has 0 atom stereocenters. The minimum absolute atomic E-state index is 0.531. The molecular weight excluding hydrogens is 386 g/mol. The molecule has 1 aliphatic rings. The van der Waals surface area contributed by atoms with Crippen LogP contribution in [0.5, 0.6) is 0 Å². The Hall–Kier alpha value is -3.99. The summed E-state index contributed by atoms with van der Waals surface area (Å²) in [4.78, 5) is 8.21. The average molecular weight is 401 g/mol. The van der Waals surface area contributed by atoms with Gasteiger partial charge in [-0.3, -0.25) is 0 Å². The van der Waals surface area contributed by atoms with Crippen LogP contribution in [0, 0.1) is 17.9 Å². The summed E-state index contributed by atoms with van der Waals surface area (Å²) in [5.74, 6) is 0. The molecule has 0 fully saturated rings. The molecule has 0 unspecified atom stereocenters. The zero-order valence-electron chi connectivity index (χ0n) is 15.9. The van der Waals surface area contributed by atoms with Gasteiger partial charge in [0.25, 0.3) is 0 Å². The molecule has 0 amide bonds. The normalized spacial score (nSPS) is 11.7. The molecule has 1 aliphatic heterocycles. The molecule has 4 aromatic rings. The molecule has 140 valence electrons. The van der Waals surface area contributed by atoms with Gasteiger partial charge >= 0.3 is 0 Å². The van der Waals surface area contributed by atoms with E-state index in [0.717, 1.165) is 28.2 Å². The van der Waals surface area contributed by atoms with Crippen molar-refractivity contribution in [1.82, 2.24) is 0 Å². The number of para-hydroxylation sites is 2. The topological polar surface area (TPSA) is 31.4 Å². The Kier molecular flexibility index (Phi) is 4.48. The van der Waals surface area contributed by atoms with Crippen molar-refractivity contribution in [3.8, 4) is 17.2 Å². The smallest absolute Gasteiger partial charge is 0.187 e. The van der Waals surface area contributed by atoms with Crippen LogP contribution in [0.2, 0.25) is 0 Å². The number of hydrogen-bond acceptors (Lipinski definition) is 3. The predicted octanol–water partition coefficient (Wildman–Crippen LogP) is 7.71. The Morgan fingerprint density at radius 2 is 1.43 bits per heavy atom. The van der Waals surface area contributed by atoms with Gasteiger partial charge in [0.1, 0.15) is 0 Å². The van der Waals surface area contributed by atoms with Gasteiger partial charge in [-0.25, -0.2) is 4.85 Å². The summed E-state index contributed by atoms with van der Waals surface area (Å²) in [5.41, 5.74) is 6.17. The summed E-state index contributed by atoms with van der Waals surface area (Å²) in [5, 5.41) is 9.48. The van der Waals surface area contributed by atoms with Crippen LogP contribution in [0.25, 0.3) is 16.0 Å². The highest BCUT2D eigenvalue weighted by Crippen LogP contribution is 2.51. The summed E-state index contributed by atoms with van der Waals surface area (Å²) in [6, 6.07) is 32.4. The molecule has 0 aromatic heterocycles. The van der Waals surface area contributed by atoms with E-state index in [-0.39, 0.29) is 0 Å². The molecule has 4 aromatic carbocycles. The lowest BCUT2D eigenvalue weighted by atomic mass is 9.99. The Labute approximate surface area is 179 Å². The first-order valence-electron chi connectivity index (χ1n) is 9.46. The highest BCUT2D eigenvalue weighted by Gasteiger charge is 2.24. The zero-order chi connectivity index (χ0) is 20.5. The Morgan fingerprint density at radius 3 is 2.03 bits per heavy atom. The summed E-state index contributed by atoms with van der Waals surface area (Å²) in [7, 11) is 0. The quantitative estimate of drug-likeness (QED) is 0.284. The van der Waals surface area contributed by atoms with E-state index in [4.69, 9.17) is 6.57 Å². The summed E-state index contributed by atoms with van der Waals surface area (Å²) in [6.07, 6.45) is 0. The van der Waals surface area contributed by atoms with Gasteiger partial charge in [0.2, 0.25) is 0 Å². The van der Waals surface area contributed by atoms with Crippen molar-refractivity contribution in [1.29, 1.82) is 5.26 Å². The molecule has 0 aliphatic carbocycles. The lowest BCUT2D eigenvalue weighted by Crippen LogP contribution is -2.14. The first-order valence-corrected chi connectivity index (χ1v) is 10.3. The lowest BCUT2D eigenvalue weighted by Gasteiger charge is -2.32. The van der Waals surface area contributed by atoms with E-state index in [0.29, 0.717) is 11.3 Å². The molecule has 1 heterocycles. The molecule has 5 rings (SSSR count). The average Bonchev–Trinajstić information content (AvgIpc) is 2.82. The fourth-order valence-corrected chi connectivity index (χ4v) is 4.77. The van der Waals surface area contributed by atoms with Gasteiger partial charge in [-0.2, -0.15) is 5.26 Å². The van der Waals surface area contributed by atoms with Crippen molar-refractivity contribution < 1.29 is 0 Å². The van der Waals surface area contributed by atoms with Gasteiger partial charge in [-0.1, -0.05) is 60.3 Å². The first kappa shape index (κ1) is 18.1. The SMILES string of the molecule is [C-]#[N+]c1ccc(C#N)c(-c2ccc(N3c4ccccc4Sc4ccccc43)cc2)c1. The fourth-order valence-electron chi connectivity index (χ4n) is 3.71. The molecule has 0 saturated carbocycles. The maximum Gasteiger partial charge on any atom is 0.187 e. The Bertz CT molecular complexity index is 1300. The van der Waals surface area contributed by atoms with Gasteiger partial charge < -0.3 is 4.90 Å². The van der Waals surface area contributed by atoms with Gasteiger partial charge in [-0.05, 0) is 53.6 Å². The minimum atomic E-state index is 0.531. The number of hydrogen-bond donors (Lipinski definition) is 0. The number of rotatable bonds is 2. The number of fused-ring (bicyclic) bond motifs is 2. The lowest BCUT2D eigenvalue weighted by molar-refractivity contribution is 1.17. The molecule has 4 heteroatoms. The molecule has 3 nitrogen and oxygen atoms in total. The van der Waals surface area contributed by atoms with Crippen molar-refractivity contribution in [2.75, 3.05) is 4.90 Å². The van der Waals surface area contributed by atoms with Crippen LogP contribution < -0.4 is 4.90 Å². The second-order valence-electron chi connectivity index (χ2n) is 6.87. The predicted molar refractivity (Wildman–Crippen MR) is 122 cm³/mol. The van der Waals surface area contributed by atoms with E-state index in [1.165, 1.54) is 9.79 Å². The van der Waals surface area contributed by atoms with E-state index >= 15 is 0 Å². The zero-order valence-corrected chi connectivity index (χ0v) is 16.7. The van der Waals surface area contributed by atoms with Crippen LogP contribution in [-0.2, 0) is 0 Å². The van der Waals surface area contributed by atoms with Crippen molar-refractivity contribution in [2.24, 2.45) is 0 Å². The number of anilines is 3. The van der Waals surface area contributed by atoms with E-state index in [1.807, 2.05) is 12.1 Å². The van der Waals surface area contributed by atoms with Crippen LogP contribution >= 0.6 is 11.8 Å². The Balaban J connectivity index is 1.62. The van der Waals surface area contributed by atoms with Crippen LogP contribution in [0.15, 0.2) is 101 Å². The minimum Gasteiger partial charge on any atom is -0.308 e. The summed E-state index contributed by atoms with van der Waals surface area (Å²) >= 11 is 1.78. The van der Waals surface area contributed by atoms with E-state index < -0.39 is 0 Å². The fraction of sp³-hybridized carbons (Fsp3) is 0. The number of nitriles is 1. The standard InChI is InChI=1S/C26H15N3S/c1-28-20-13-10-19(17-27)22(16-20)18-11-14-21(15-12-18)29-23-6-2-4-8-25(23)30-26-9-5-3-7-24(26)29/h2-16H. The maximum atomic E-state index is 9.48. The molecule has 0 radical (unpaired) electrons. The largest absolute Gasteiger partial charge is 0.308 e. The van der Waals surface area contributed by atoms with E-state index in [2.05, 4.69) is 76.5 Å². The first-order chi connectivity index (χ1) is 14.8. The third-order valence-corrected chi connectivity index (χ3v) is 6.25. The third-order valence-electron chi connectivity index (χ3n) is 5.12. The highest BCUT2D eigenvalue weighted by atomic mass is 32.2. The molecule has 0 bridgehead atoms. The van der Waals surface area contributed by atoms with Crippen molar-refractivity contribution in [3.63, 3.8) is 0 Å². The highest BCUT2D eigenvalue weighted by molar-refractivity contribution is 7.99. The summed E-state index contributed by atoms with van der Waals surface area (Å²) < 4.78 is 0. The molecule has 0 spiro atoms. The van der Waals surface area contributed by atoms with Gasteiger partial charge in [0, 0.05) is 15.5 Å². The second-order valence-corrected chi connectivity index (χ2v) is 7.96. The second kappa shape index (κ2) is 7.44. The van der Waals surface area contributed by atoms with Crippen molar-refractivity contribution in [2.45, 2.75) is 9.79 Å². The van der Waals surface area contributed by atoms with Gasteiger partial charge in [0.05, 0.1) is 29.6 Å². The molecule has 30 heavy (non-hydrogen) atoms. The molecule has 0 saturated heterocycles. The Morgan fingerprint density at radius 1 is 0.800 bits per heavy atom.